The van der Waals surface area contributed by atoms with E-state index in [4.69, 9.17) is 14.2 Å². The molecule has 0 aliphatic heterocycles. The van der Waals surface area contributed by atoms with E-state index in [2.05, 4.69) is 50.3 Å². The zero-order valence-corrected chi connectivity index (χ0v) is 32.5. The molecule has 8 nitrogen and oxygen atoms in total. The van der Waals surface area contributed by atoms with Crippen LogP contribution in [0.3, 0.4) is 0 Å². The van der Waals surface area contributed by atoms with Gasteiger partial charge < -0.3 is 28.6 Å². The average molecular weight is 704 g/mol. The van der Waals surface area contributed by atoms with Gasteiger partial charge in [-0.3, -0.25) is 9.59 Å². The molecule has 0 radical (unpaired) electrons. The number of carbonyl (C=O) groups excluding carboxylic acids is 3. The van der Waals surface area contributed by atoms with E-state index >= 15 is 0 Å². The molecular weight excluding hydrogens is 630 g/mol. The van der Waals surface area contributed by atoms with Crippen molar-refractivity contribution < 1.29 is 38.2 Å². The second-order valence-electron chi connectivity index (χ2n) is 14.2. The number of unbranched alkanes of at least 4 members (excludes halogenated alkanes) is 14. The van der Waals surface area contributed by atoms with Crippen LogP contribution in [-0.4, -0.2) is 75.5 Å². The summed E-state index contributed by atoms with van der Waals surface area (Å²) in [5.74, 6) is -1.79. The maximum atomic E-state index is 12.6. The number of rotatable bonds is 34. The SMILES string of the molecule is CC/C=C/C=C/C=C/CCCCCCCC(=O)OCC(COCCC(C(=O)[O-])[N+](C)(C)C)OC(=O)CCCCC/C=C/CCCCCCCC. The molecule has 0 saturated heterocycles. The van der Waals surface area contributed by atoms with Gasteiger partial charge in [0.2, 0.25) is 0 Å². The predicted octanol–water partition coefficient (Wildman–Crippen LogP) is 8.74. The Hall–Kier alpha value is -2.71. The molecule has 0 aliphatic carbocycles. The molecule has 288 valence electrons. The molecule has 0 rings (SSSR count). The number of allylic oxidation sites excluding steroid dienone is 8. The number of carbonyl (C=O) groups is 3. The average Bonchev–Trinajstić information content (AvgIpc) is 3.06. The fourth-order valence-electron chi connectivity index (χ4n) is 5.42. The zero-order chi connectivity index (χ0) is 37.1. The van der Waals surface area contributed by atoms with Crippen LogP contribution in [0.25, 0.3) is 0 Å². The van der Waals surface area contributed by atoms with Crippen LogP contribution in [0.1, 0.15) is 149 Å². The summed E-state index contributed by atoms with van der Waals surface area (Å²) in [7, 11) is 5.38. The predicted molar refractivity (Wildman–Crippen MR) is 203 cm³/mol. The quantitative estimate of drug-likeness (QED) is 0.0217. The number of hydrogen-bond donors (Lipinski definition) is 0. The molecule has 0 aromatic carbocycles. The number of hydrogen-bond acceptors (Lipinski definition) is 7. The number of esters is 2. The molecule has 50 heavy (non-hydrogen) atoms. The van der Waals surface area contributed by atoms with E-state index < -0.39 is 18.1 Å². The second-order valence-corrected chi connectivity index (χ2v) is 14.2. The molecular formula is C42H73NO7. The van der Waals surface area contributed by atoms with Gasteiger partial charge in [0, 0.05) is 19.3 Å². The van der Waals surface area contributed by atoms with Crippen molar-refractivity contribution in [2.75, 3.05) is 41.0 Å². The Balaban J connectivity index is 4.47. The molecule has 0 aliphatic rings. The molecule has 8 heteroatoms. The lowest BCUT2D eigenvalue weighted by Crippen LogP contribution is -2.55. The smallest absolute Gasteiger partial charge is 0.306 e. The number of carboxylic acid groups (broad SMARTS) is 1. The molecule has 0 aromatic heterocycles. The van der Waals surface area contributed by atoms with Gasteiger partial charge in [-0.2, -0.15) is 0 Å². The van der Waals surface area contributed by atoms with Gasteiger partial charge in [0.15, 0.2) is 6.10 Å². The van der Waals surface area contributed by atoms with E-state index in [-0.39, 0.29) is 42.7 Å². The highest BCUT2D eigenvalue weighted by Gasteiger charge is 2.25. The van der Waals surface area contributed by atoms with Gasteiger partial charge in [0.05, 0.1) is 40.3 Å². The summed E-state index contributed by atoms with van der Waals surface area (Å²) in [6.07, 6.45) is 37.0. The molecule has 0 heterocycles. The Morgan fingerprint density at radius 3 is 1.72 bits per heavy atom. The normalized spacial score (nSPS) is 13.5. The first-order valence-corrected chi connectivity index (χ1v) is 19.7. The van der Waals surface area contributed by atoms with Crippen LogP contribution in [0.4, 0.5) is 0 Å². The summed E-state index contributed by atoms with van der Waals surface area (Å²) in [6, 6.07) is -0.731. The molecule has 0 fully saturated rings. The summed E-state index contributed by atoms with van der Waals surface area (Å²) in [5, 5.41) is 11.6. The minimum Gasteiger partial charge on any atom is -0.544 e. The molecule has 2 unspecified atom stereocenters. The Morgan fingerprint density at radius 2 is 1.14 bits per heavy atom. The highest BCUT2D eigenvalue weighted by Crippen LogP contribution is 2.12. The first kappa shape index (κ1) is 47.3. The summed E-state index contributed by atoms with van der Waals surface area (Å²) in [4.78, 5) is 36.7. The maximum Gasteiger partial charge on any atom is 0.306 e. The van der Waals surface area contributed by atoms with Crippen molar-refractivity contribution in [3.8, 4) is 0 Å². The van der Waals surface area contributed by atoms with Crippen molar-refractivity contribution in [1.29, 1.82) is 0 Å². The Morgan fingerprint density at radius 1 is 0.620 bits per heavy atom. The molecule has 0 N–H and O–H groups in total. The highest BCUT2D eigenvalue weighted by atomic mass is 16.6. The van der Waals surface area contributed by atoms with Gasteiger partial charge in [-0.1, -0.05) is 120 Å². The zero-order valence-electron chi connectivity index (χ0n) is 32.5. The minimum absolute atomic E-state index is 0.0268. The van der Waals surface area contributed by atoms with Crippen LogP contribution in [0.2, 0.25) is 0 Å². The van der Waals surface area contributed by atoms with Crippen LogP contribution in [-0.2, 0) is 28.6 Å². The monoisotopic (exact) mass is 704 g/mol. The third-order valence-corrected chi connectivity index (χ3v) is 8.51. The van der Waals surface area contributed by atoms with Gasteiger partial charge in [-0.25, -0.2) is 0 Å². The van der Waals surface area contributed by atoms with E-state index in [1.807, 2.05) is 12.2 Å². The fourth-order valence-corrected chi connectivity index (χ4v) is 5.42. The van der Waals surface area contributed by atoms with E-state index in [1.165, 1.54) is 38.5 Å². The number of aliphatic carboxylic acids is 1. The molecule has 0 bridgehead atoms. The number of quaternary nitrogens is 1. The lowest BCUT2D eigenvalue weighted by Gasteiger charge is -2.34. The fraction of sp³-hybridized carbons (Fsp3) is 0.738. The van der Waals surface area contributed by atoms with Crippen molar-refractivity contribution in [2.45, 2.75) is 161 Å². The first-order chi connectivity index (χ1) is 24.1. The van der Waals surface area contributed by atoms with Crippen LogP contribution < -0.4 is 5.11 Å². The third kappa shape index (κ3) is 31.3. The highest BCUT2D eigenvalue weighted by molar-refractivity contribution is 5.70. The van der Waals surface area contributed by atoms with E-state index in [1.54, 1.807) is 21.1 Å². The van der Waals surface area contributed by atoms with Crippen LogP contribution in [0.5, 0.6) is 0 Å². The van der Waals surface area contributed by atoms with Crippen molar-refractivity contribution in [1.82, 2.24) is 0 Å². The minimum atomic E-state index is -1.13. The summed E-state index contributed by atoms with van der Waals surface area (Å²) >= 11 is 0. The topological polar surface area (TPSA) is 102 Å². The third-order valence-electron chi connectivity index (χ3n) is 8.51. The molecule has 0 spiro atoms. The number of nitrogens with zero attached hydrogens (tertiary/aromatic N) is 1. The van der Waals surface area contributed by atoms with Crippen molar-refractivity contribution >= 4 is 17.9 Å². The Kier molecular flexibility index (Phi) is 31.6. The van der Waals surface area contributed by atoms with E-state index in [9.17, 15) is 19.5 Å². The molecule has 0 aromatic rings. The Labute approximate surface area is 306 Å². The van der Waals surface area contributed by atoms with Gasteiger partial charge >= 0.3 is 11.9 Å². The maximum absolute atomic E-state index is 12.6. The lowest BCUT2D eigenvalue weighted by atomic mass is 10.1. The second kappa shape index (κ2) is 33.4. The Bertz CT molecular complexity index is 964. The number of likely N-dealkylation sites (N-methyl/N-ethyl adjacent to an activating group) is 1. The van der Waals surface area contributed by atoms with Gasteiger partial charge in [-0.15, -0.1) is 0 Å². The number of ether oxygens (including phenoxy) is 3. The summed E-state index contributed by atoms with van der Waals surface area (Å²) < 4.78 is 17.1. The van der Waals surface area contributed by atoms with Gasteiger partial charge in [0.1, 0.15) is 12.6 Å². The molecule has 0 saturated carbocycles. The molecule has 0 amide bonds. The van der Waals surface area contributed by atoms with Crippen LogP contribution in [0.15, 0.2) is 48.6 Å². The van der Waals surface area contributed by atoms with Crippen molar-refractivity contribution in [3.05, 3.63) is 48.6 Å². The van der Waals surface area contributed by atoms with E-state index in [0.717, 1.165) is 77.0 Å². The van der Waals surface area contributed by atoms with Gasteiger partial charge in [-0.05, 0) is 57.8 Å². The van der Waals surface area contributed by atoms with E-state index in [0.29, 0.717) is 12.8 Å². The standard InChI is InChI=1S/C42H73NO7/c1-6-8-10-12-14-16-18-20-22-24-26-28-30-32-40(44)49-37-38(36-48-35-34-39(42(46)47)43(3,4)5)50-41(45)33-31-29-27-25-23-21-19-17-15-13-11-9-7-2/h8,10,12,14,16,18,21,23,38-39H,6-7,9,11,13,15,17,19-20,22,24-37H2,1-5H3/b10-8+,14-12+,18-16+,23-21+. The summed E-state index contributed by atoms with van der Waals surface area (Å²) in [5.41, 5.74) is 0. The first-order valence-electron chi connectivity index (χ1n) is 19.7. The molecule has 2 atom stereocenters. The number of carboxylic acids is 1. The van der Waals surface area contributed by atoms with Gasteiger partial charge in [0.25, 0.3) is 0 Å². The largest absolute Gasteiger partial charge is 0.544 e. The van der Waals surface area contributed by atoms with Crippen molar-refractivity contribution in [3.63, 3.8) is 0 Å². The lowest BCUT2D eigenvalue weighted by molar-refractivity contribution is -0.889. The van der Waals surface area contributed by atoms with Crippen molar-refractivity contribution in [2.24, 2.45) is 0 Å². The van der Waals surface area contributed by atoms with Crippen LogP contribution in [0, 0.1) is 0 Å². The van der Waals surface area contributed by atoms with Crippen LogP contribution >= 0.6 is 0 Å². The summed E-state index contributed by atoms with van der Waals surface area (Å²) in [6.45, 7) is 4.46.